The number of aromatic nitrogens is 1. The van der Waals surface area contributed by atoms with Crippen LogP contribution in [0, 0.1) is 11.3 Å². The lowest BCUT2D eigenvalue weighted by Crippen LogP contribution is -2.45. The summed E-state index contributed by atoms with van der Waals surface area (Å²) in [6.45, 7) is 4.19. The van der Waals surface area contributed by atoms with Gasteiger partial charge in [0.05, 0.1) is 11.5 Å². The summed E-state index contributed by atoms with van der Waals surface area (Å²) in [5, 5.41) is 12.9. The van der Waals surface area contributed by atoms with Gasteiger partial charge in [0.2, 0.25) is 0 Å². The Labute approximate surface area is 165 Å². The van der Waals surface area contributed by atoms with Crippen molar-refractivity contribution in [3.8, 4) is 17.2 Å². The standard InChI is InChI=1S/C22H24N4O2/c1-2-24-14-18-7-11-26(21(27)28-18)17-5-6-20(22(15-23)8-9-22)19(12-17)16-4-3-10-25-13-16/h3-6,10,12-13,18,24H,2,7-9,11,14H2,1H3. The molecule has 2 aromatic rings. The molecule has 0 bridgehead atoms. The first kappa shape index (κ1) is 18.5. The first-order valence-corrected chi connectivity index (χ1v) is 9.82. The van der Waals surface area contributed by atoms with Crippen molar-refractivity contribution in [3.05, 3.63) is 48.3 Å². The van der Waals surface area contributed by atoms with Crippen LogP contribution in [0.25, 0.3) is 11.1 Å². The summed E-state index contributed by atoms with van der Waals surface area (Å²) in [6.07, 6.45) is 5.65. The van der Waals surface area contributed by atoms with E-state index in [1.807, 2.05) is 37.3 Å². The van der Waals surface area contributed by atoms with Crippen molar-refractivity contribution in [1.82, 2.24) is 10.3 Å². The van der Waals surface area contributed by atoms with Gasteiger partial charge in [-0.2, -0.15) is 5.26 Å². The molecule has 4 rings (SSSR count). The molecule has 144 valence electrons. The quantitative estimate of drug-likeness (QED) is 0.833. The molecule has 6 heteroatoms. The van der Waals surface area contributed by atoms with E-state index in [9.17, 15) is 10.1 Å². The highest BCUT2D eigenvalue weighted by molar-refractivity contribution is 5.90. The average Bonchev–Trinajstić information content (AvgIpc) is 3.54. The van der Waals surface area contributed by atoms with Crippen molar-refractivity contribution in [2.75, 3.05) is 24.5 Å². The van der Waals surface area contributed by atoms with Gasteiger partial charge in [-0.15, -0.1) is 0 Å². The molecule has 1 amide bonds. The van der Waals surface area contributed by atoms with Crippen molar-refractivity contribution in [2.45, 2.75) is 37.7 Å². The molecule has 1 aliphatic heterocycles. The molecule has 1 aliphatic carbocycles. The van der Waals surface area contributed by atoms with E-state index in [1.54, 1.807) is 17.3 Å². The molecule has 1 N–H and O–H groups in total. The van der Waals surface area contributed by atoms with E-state index in [0.29, 0.717) is 13.1 Å². The van der Waals surface area contributed by atoms with Crippen molar-refractivity contribution >= 4 is 11.8 Å². The van der Waals surface area contributed by atoms with Gasteiger partial charge in [0, 0.05) is 43.2 Å². The third-order valence-corrected chi connectivity index (χ3v) is 5.55. The fourth-order valence-corrected chi connectivity index (χ4v) is 3.76. The number of hydrogen-bond acceptors (Lipinski definition) is 5. The summed E-state index contributed by atoms with van der Waals surface area (Å²) in [5.41, 5.74) is 3.32. The predicted octanol–water partition coefficient (Wildman–Crippen LogP) is 3.63. The number of hydrogen-bond donors (Lipinski definition) is 1. The van der Waals surface area contributed by atoms with Gasteiger partial charge in [0.1, 0.15) is 6.10 Å². The van der Waals surface area contributed by atoms with Crippen LogP contribution >= 0.6 is 0 Å². The molecule has 1 saturated carbocycles. The maximum Gasteiger partial charge on any atom is 0.414 e. The summed E-state index contributed by atoms with van der Waals surface area (Å²) < 4.78 is 5.59. The molecule has 1 unspecified atom stereocenters. The number of amides is 1. The summed E-state index contributed by atoms with van der Waals surface area (Å²) in [7, 11) is 0. The van der Waals surface area contributed by atoms with Crippen LogP contribution in [0.15, 0.2) is 42.7 Å². The topological polar surface area (TPSA) is 78.3 Å². The predicted molar refractivity (Wildman–Crippen MR) is 107 cm³/mol. The monoisotopic (exact) mass is 376 g/mol. The highest BCUT2D eigenvalue weighted by atomic mass is 16.6. The van der Waals surface area contributed by atoms with Crippen LogP contribution in [0.5, 0.6) is 0 Å². The number of likely N-dealkylation sites (N-methyl/N-ethyl adjacent to an activating group) is 1. The van der Waals surface area contributed by atoms with E-state index in [1.165, 1.54) is 0 Å². The Morgan fingerprint density at radius 2 is 2.25 bits per heavy atom. The van der Waals surface area contributed by atoms with Gasteiger partial charge in [-0.05, 0) is 48.7 Å². The molecular weight excluding hydrogens is 352 g/mol. The van der Waals surface area contributed by atoms with E-state index in [4.69, 9.17) is 4.74 Å². The summed E-state index contributed by atoms with van der Waals surface area (Å²) in [6, 6.07) is 12.3. The normalized spacial score (nSPS) is 20.4. The van der Waals surface area contributed by atoms with Crippen molar-refractivity contribution in [1.29, 1.82) is 5.26 Å². The minimum Gasteiger partial charge on any atom is -0.444 e. The number of benzene rings is 1. The van der Waals surface area contributed by atoms with Gasteiger partial charge in [-0.3, -0.25) is 9.88 Å². The van der Waals surface area contributed by atoms with Crippen LogP contribution in [-0.2, 0) is 10.2 Å². The third kappa shape index (κ3) is 3.46. The smallest absolute Gasteiger partial charge is 0.414 e. The lowest BCUT2D eigenvalue weighted by molar-refractivity contribution is 0.0841. The summed E-state index contributed by atoms with van der Waals surface area (Å²) >= 11 is 0. The first-order chi connectivity index (χ1) is 13.7. The van der Waals surface area contributed by atoms with Crippen LogP contribution in [0.3, 0.4) is 0 Å². The number of ether oxygens (including phenoxy) is 1. The number of pyridine rings is 1. The second kappa shape index (κ2) is 7.61. The van der Waals surface area contributed by atoms with Crippen LogP contribution < -0.4 is 10.2 Å². The number of nitrogens with zero attached hydrogens (tertiary/aromatic N) is 3. The van der Waals surface area contributed by atoms with Crippen molar-refractivity contribution < 1.29 is 9.53 Å². The number of rotatable bonds is 6. The van der Waals surface area contributed by atoms with Crippen molar-refractivity contribution in [2.24, 2.45) is 0 Å². The number of nitrogens with one attached hydrogen (secondary N) is 1. The molecule has 2 heterocycles. The molecule has 0 radical (unpaired) electrons. The Balaban J connectivity index is 1.65. The minimum atomic E-state index is -0.414. The van der Waals surface area contributed by atoms with Gasteiger partial charge in [0.25, 0.3) is 0 Å². The van der Waals surface area contributed by atoms with Crippen LogP contribution in [0.2, 0.25) is 0 Å². The second-order valence-corrected chi connectivity index (χ2v) is 7.42. The number of cyclic esters (lactones) is 1. The van der Waals surface area contributed by atoms with Gasteiger partial charge in [-0.1, -0.05) is 19.1 Å². The average molecular weight is 376 g/mol. The van der Waals surface area contributed by atoms with E-state index in [-0.39, 0.29) is 12.2 Å². The minimum absolute atomic E-state index is 0.0888. The Hall–Kier alpha value is -2.91. The molecule has 2 aliphatic rings. The Morgan fingerprint density at radius 1 is 1.39 bits per heavy atom. The summed E-state index contributed by atoms with van der Waals surface area (Å²) in [4.78, 5) is 18.5. The molecule has 0 spiro atoms. The fourth-order valence-electron chi connectivity index (χ4n) is 3.76. The van der Waals surface area contributed by atoms with Gasteiger partial charge < -0.3 is 10.1 Å². The lowest BCUT2D eigenvalue weighted by atomic mass is 9.89. The maximum atomic E-state index is 12.6. The van der Waals surface area contributed by atoms with Gasteiger partial charge in [-0.25, -0.2) is 4.79 Å². The van der Waals surface area contributed by atoms with E-state index < -0.39 is 5.41 Å². The van der Waals surface area contributed by atoms with Gasteiger partial charge >= 0.3 is 6.09 Å². The molecule has 28 heavy (non-hydrogen) atoms. The van der Waals surface area contributed by atoms with Crippen LogP contribution in [0.4, 0.5) is 10.5 Å². The van der Waals surface area contributed by atoms with E-state index in [2.05, 4.69) is 16.4 Å². The number of carbonyl (C=O) groups is 1. The highest BCUT2D eigenvalue weighted by Crippen LogP contribution is 2.51. The Kier molecular flexibility index (Phi) is 5.01. The van der Waals surface area contributed by atoms with E-state index >= 15 is 0 Å². The molecule has 2 fully saturated rings. The number of nitriles is 1. The molecule has 1 saturated heterocycles. The Bertz CT molecular complexity index is 902. The SMILES string of the molecule is CCNCC1CCN(c2ccc(C3(C#N)CC3)c(-c3cccnc3)c2)C(=O)O1. The molecule has 6 nitrogen and oxygen atoms in total. The number of anilines is 1. The highest BCUT2D eigenvalue weighted by Gasteiger charge is 2.46. The van der Waals surface area contributed by atoms with Crippen LogP contribution in [0.1, 0.15) is 31.7 Å². The van der Waals surface area contributed by atoms with Crippen LogP contribution in [-0.4, -0.2) is 36.8 Å². The van der Waals surface area contributed by atoms with Crippen molar-refractivity contribution in [3.63, 3.8) is 0 Å². The Morgan fingerprint density at radius 3 is 2.89 bits per heavy atom. The largest absolute Gasteiger partial charge is 0.444 e. The fraction of sp³-hybridized carbons (Fsp3) is 0.409. The van der Waals surface area contributed by atoms with E-state index in [0.717, 1.165) is 48.2 Å². The molecule has 1 aromatic carbocycles. The lowest BCUT2D eigenvalue weighted by Gasteiger charge is -2.32. The molecule has 1 aromatic heterocycles. The second-order valence-electron chi connectivity index (χ2n) is 7.42. The first-order valence-electron chi connectivity index (χ1n) is 9.82. The number of carbonyl (C=O) groups excluding carboxylic acids is 1. The zero-order valence-electron chi connectivity index (χ0n) is 16.0. The summed E-state index contributed by atoms with van der Waals surface area (Å²) in [5.74, 6) is 0. The van der Waals surface area contributed by atoms with Gasteiger partial charge in [0.15, 0.2) is 0 Å². The maximum absolute atomic E-state index is 12.6. The molecule has 1 atom stereocenters. The third-order valence-electron chi connectivity index (χ3n) is 5.55. The zero-order valence-corrected chi connectivity index (χ0v) is 16.0. The zero-order chi connectivity index (χ0) is 19.6. The molecular formula is C22H24N4O2.